The number of amides is 5. The molecule has 2 aromatic carbocycles. The second kappa shape index (κ2) is 19.4. The molecule has 5 heterocycles. The van der Waals surface area contributed by atoms with E-state index in [1.807, 2.05) is 39.0 Å². The molecule has 5 atom stereocenters. The number of ether oxygens (including phenoxy) is 1. The first-order valence-electron chi connectivity index (χ1n) is 23.1. The summed E-state index contributed by atoms with van der Waals surface area (Å²) >= 11 is 0. The van der Waals surface area contributed by atoms with E-state index in [9.17, 15) is 29.1 Å². The number of phenolic OH excluding ortho intramolecular Hbond substituents is 1. The van der Waals surface area contributed by atoms with Crippen LogP contribution < -0.4 is 16.1 Å². The number of methoxy groups -OCH3 is 1. The predicted octanol–water partition coefficient (Wildman–Crippen LogP) is 5.38. The van der Waals surface area contributed by atoms with Crippen LogP contribution in [-0.2, 0) is 48.1 Å². The third kappa shape index (κ3) is 9.91. The molecule has 2 saturated heterocycles. The summed E-state index contributed by atoms with van der Waals surface area (Å²) in [6.07, 6.45) is 3.69. The van der Waals surface area contributed by atoms with Crippen LogP contribution in [0, 0.1) is 17.3 Å². The van der Waals surface area contributed by atoms with E-state index in [1.165, 1.54) is 16.8 Å². The Morgan fingerprint density at radius 3 is 2.51 bits per heavy atom. The van der Waals surface area contributed by atoms with Gasteiger partial charge in [0.15, 0.2) is 0 Å². The number of carbonyl (C=O) groups is 5. The lowest BCUT2D eigenvalue weighted by atomic mass is 9.83. The fourth-order valence-corrected chi connectivity index (χ4v) is 10.0. The molecule has 5 amide bonds. The van der Waals surface area contributed by atoms with Gasteiger partial charge >= 0.3 is 0 Å². The lowest BCUT2D eigenvalue weighted by Gasteiger charge is -2.37. The van der Waals surface area contributed by atoms with Crippen molar-refractivity contribution in [1.29, 1.82) is 0 Å². The summed E-state index contributed by atoms with van der Waals surface area (Å²) in [6, 6.07) is 12.8. The van der Waals surface area contributed by atoms with Crippen LogP contribution in [0.3, 0.4) is 0 Å². The van der Waals surface area contributed by atoms with Crippen molar-refractivity contribution in [3.8, 4) is 28.1 Å². The number of carbonyl (C=O) groups excluding carboxylic acids is 5. The molecule has 348 valence electrons. The second-order valence-electron chi connectivity index (χ2n) is 19.2. The molecule has 4 aromatic rings. The minimum Gasteiger partial charge on any atom is -0.508 e. The zero-order valence-electron chi connectivity index (χ0n) is 39.4. The number of hydrogen-bond acceptors (Lipinski definition) is 9. The molecule has 4 N–H and O–H groups in total. The van der Waals surface area contributed by atoms with E-state index in [1.54, 1.807) is 37.4 Å². The Morgan fingerprint density at radius 1 is 1.05 bits per heavy atom. The standard InChI is InChI=1S/C50H66N8O7/c1-10-57-42-16-15-33-25-38(42)39(45(57)37-13-11-18-51-43(37)30(4)65-9)26-50(6,7)28-52-46(61)40-14-12-19-58(54-40)49(64)41(23-32-21-35(33)24-36(60)22-32)53-47(62)44(29(2)3)55(8)48(63)34-17-20-56(27-34)31(5)59/h11,13,15-16,18,21-22,24-25,29-30,34,40-41,44,54,60H,10,12,14,17,19-20,23,26-28H2,1-9H3,(H,52,61)(H,53,62)/t30-,34-,40-,41-,44-/m0/s1. The molecule has 3 aliphatic heterocycles. The minimum atomic E-state index is -1.13. The number of nitrogens with zero attached hydrogens (tertiary/aromatic N) is 5. The van der Waals surface area contributed by atoms with Crippen molar-refractivity contribution < 1.29 is 33.8 Å². The number of hydrazine groups is 1. The monoisotopic (exact) mass is 891 g/mol. The van der Waals surface area contributed by atoms with Gasteiger partial charge in [-0.05, 0) is 110 Å². The van der Waals surface area contributed by atoms with Crippen molar-refractivity contribution in [2.45, 2.75) is 111 Å². The number of aromatic nitrogens is 2. The molecule has 0 radical (unpaired) electrons. The molecule has 15 heteroatoms. The van der Waals surface area contributed by atoms with Crippen LogP contribution in [0.1, 0.15) is 90.7 Å². The topological polar surface area (TPSA) is 178 Å². The summed E-state index contributed by atoms with van der Waals surface area (Å²) in [7, 11) is 3.28. The van der Waals surface area contributed by atoms with Crippen molar-refractivity contribution in [2.75, 3.05) is 40.3 Å². The zero-order chi connectivity index (χ0) is 46.9. The van der Waals surface area contributed by atoms with E-state index >= 15 is 0 Å². The van der Waals surface area contributed by atoms with Crippen molar-refractivity contribution in [2.24, 2.45) is 17.3 Å². The number of aryl methyl sites for hydroxylation is 1. The van der Waals surface area contributed by atoms with Gasteiger partial charge in [0.2, 0.25) is 23.6 Å². The number of pyridine rings is 1. The maximum Gasteiger partial charge on any atom is 0.259 e. The fourth-order valence-electron chi connectivity index (χ4n) is 10.0. The lowest BCUT2D eigenvalue weighted by molar-refractivity contribution is -0.146. The first-order chi connectivity index (χ1) is 30.9. The lowest BCUT2D eigenvalue weighted by Crippen LogP contribution is -2.63. The molecule has 0 saturated carbocycles. The summed E-state index contributed by atoms with van der Waals surface area (Å²) in [4.78, 5) is 77.0. The molecular formula is C50H66N8O7. The van der Waals surface area contributed by atoms with E-state index in [-0.39, 0.29) is 48.5 Å². The first kappa shape index (κ1) is 47.2. The van der Waals surface area contributed by atoms with Gasteiger partial charge in [0.1, 0.15) is 23.9 Å². The van der Waals surface area contributed by atoms with Crippen molar-refractivity contribution in [3.63, 3.8) is 0 Å². The molecule has 6 bridgehead atoms. The minimum absolute atomic E-state index is 0.000596. The number of likely N-dealkylation sites (tertiary alicyclic amines) is 1. The molecular weight excluding hydrogens is 825 g/mol. The number of aromatic hydroxyl groups is 1. The Morgan fingerprint density at radius 2 is 1.82 bits per heavy atom. The Kier molecular flexibility index (Phi) is 14.0. The third-order valence-corrected chi connectivity index (χ3v) is 13.5. The van der Waals surface area contributed by atoms with Crippen molar-refractivity contribution in [3.05, 3.63) is 71.5 Å². The average Bonchev–Trinajstić information content (AvgIpc) is 3.90. The molecule has 2 fully saturated rings. The molecule has 7 rings (SSSR count). The highest BCUT2D eigenvalue weighted by atomic mass is 16.5. The number of likely N-dealkylation sites (N-methyl/N-ethyl adjacent to an activating group) is 1. The molecule has 15 nitrogen and oxygen atoms in total. The van der Waals surface area contributed by atoms with Crippen LogP contribution in [-0.4, -0.2) is 117 Å². The number of fused-ring (bicyclic) bond motifs is 6. The third-order valence-electron chi connectivity index (χ3n) is 13.5. The summed E-state index contributed by atoms with van der Waals surface area (Å²) in [5.74, 6) is -2.27. The number of rotatable bonds is 9. The SMILES string of the molecule is CCn1c(-c2cccnc2[C@H](C)OC)c2c3cc(ccc31)-c1cc(O)cc(c1)C[C@H](NC(=O)[C@H](C(C)C)N(C)C(=O)[C@H]1CCN(C(C)=O)C1)C(=O)N1CCC[C@H](N1)C(=O)NCC(C)(C)C2. The average molecular weight is 891 g/mol. The van der Waals surface area contributed by atoms with Gasteiger partial charge in [-0.3, -0.25) is 34.0 Å². The van der Waals surface area contributed by atoms with Gasteiger partial charge < -0.3 is 34.8 Å². The van der Waals surface area contributed by atoms with Crippen LogP contribution in [0.2, 0.25) is 0 Å². The molecule has 65 heavy (non-hydrogen) atoms. The van der Waals surface area contributed by atoms with Gasteiger partial charge in [-0.1, -0.05) is 39.8 Å². The van der Waals surface area contributed by atoms with Crippen LogP contribution >= 0.6 is 0 Å². The van der Waals surface area contributed by atoms with Crippen LogP contribution in [0.25, 0.3) is 33.3 Å². The normalized spacial score (nSPS) is 21.2. The Labute approximate surface area is 382 Å². The maximum absolute atomic E-state index is 14.7. The Balaban J connectivity index is 1.32. The van der Waals surface area contributed by atoms with Crippen molar-refractivity contribution in [1.82, 2.24) is 40.4 Å². The van der Waals surface area contributed by atoms with Crippen LogP contribution in [0.15, 0.2) is 54.7 Å². The Hall–Kier alpha value is -5.80. The number of nitrogens with one attached hydrogen (secondary N) is 3. The van der Waals surface area contributed by atoms with Gasteiger partial charge in [-0.2, -0.15) is 0 Å². The molecule has 3 aliphatic rings. The van der Waals surface area contributed by atoms with Gasteiger partial charge in [-0.15, -0.1) is 0 Å². The van der Waals surface area contributed by atoms with Crippen LogP contribution in [0.5, 0.6) is 5.75 Å². The van der Waals surface area contributed by atoms with Crippen molar-refractivity contribution >= 4 is 40.4 Å². The highest BCUT2D eigenvalue weighted by Gasteiger charge is 2.40. The quantitative estimate of drug-likeness (QED) is 0.172. The molecule has 0 spiro atoms. The maximum atomic E-state index is 14.7. The smallest absolute Gasteiger partial charge is 0.259 e. The highest BCUT2D eigenvalue weighted by Crippen LogP contribution is 2.42. The van der Waals surface area contributed by atoms with E-state index in [2.05, 4.69) is 59.6 Å². The number of hydrogen-bond donors (Lipinski definition) is 4. The van der Waals surface area contributed by atoms with Crippen LogP contribution in [0.4, 0.5) is 0 Å². The van der Waals surface area contributed by atoms with E-state index in [4.69, 9.17) is 9.72 Å². The fraction of sp³-hybridized carbons (Fsp3) is 0.520. The Bertz CT molecular complexity index is 2460. The van der Waals surface area contributed by atoms with Gasteiger partial charge in [0.05, 0.1) is 23.4 Å². The summed E-state index contributed by atoms with van der Waals surface area (Å²) < 4.78 is 8.13. The largest absolute Gasteiger partial charge is 0.508 e. The number of phenols is 1. The van der Waals surface area contributed by atoms with E-state index < -0.39 is 41.3 Å². The van der Waals surface area contributed by atoms with Gasteiger partial charge in [-0.25, -0.2) is 5.43 Å². The molecule has 0 aliphatic carbocycles. The molecule has 0 unspecified atom stereocenters. The highest BCUT2D eigenvalue weighted by molar-refractivity contribution is 5.96. The van der Waals surface area contributed by atoms with Gasteiger partial charge in [0.25, 0.3) is 5.91 Å². The van der Waals surface area contributed by atoms with E-state index in [0.717, 1.165) is 44.5 Å². The first-order valence-corrected chi connectivity index (χ1v) is 23.1. The predicted molar refractivity (Wildman–Crippen MR) is 249 cm³/mol. The summed E-state index contributed by atoms with van der Waals surface area (Å²) in [5.41, 5.74) is 9.90. The van der Waals surface area contributed by atoms with E-state index in [0.29, 0.717) is 57.4 Å². The zero-order valence-corrected chi connectivity index (χ0v) is 39.4. The summed E-state index contributed by atoms with van der Waals surface area (Å²) in [6.45, 7) is 15.7. The summed E-state index contributed by atoms with van der Waals surface area (Å²) in [5, 5.41) is 20.0. The number of benzene rings is 2. The second-order valence-corrected chi connectivity index (χ2v) is 19.2. The van der Waals surface area contributed by atoms with Gasteiger partial charge in [0, 0.05) is 82.9 Å². The molecule has 2 aromatic heterocycles.